The summed E-state index contributed by atoms with van der Waals surface area (Å²) in [6, 6.07) is 14.4. The number of nitrogens with one attached hydrogen (secondary N) is 1. The van der Waals surface area contributed by atoms with Crippen molar-refractivity contribution in [1.29, 1.82) is 0 Å². The summed E-state index contributed by atoms with van der Waals surface area (Å²) < 4.78 is 23.5. The number of thiophene rings is 1. The van der Waals surface area contributed by atoms with Gasteiger partial charge in [-0.2, -0.15) is 4.98 Å². The fourth-order valence-corrected chi connectivity index (χ4v) is 3.31. The highest BCUT2D eigenvalue weighted by Crippen LogP contribution is 2.34. The van der Waals surface area contributed by atoms with Crippen LogP contribution in [-0.4, -0.2) is 23.2 Å². The molecule has 2 heterocycles. The van der Waals surface area contributed by atoms with Crippen molar-refractivity contribution in [1.82, 2.24) is 10.1 Å². The lowest BCUT2D eigenvalue weighted by Crippen LogP contribution is -2.11. The molecule has 1 N–H and O–H groups in total. The minimum Gasteiger partial charge on any atom is -0.497 e. The Morgan fingerprint density at radius 2 is 1.86 bits per heavy atom. The van der Waals surface area contributed by atoms with Crippen LogP contribution >= 0.6 is 11.3 Å². The summed E-state index contributed by atoms with van der Waals surface area (Å²) >= 11 is 1.37. The van der Waals surface area contributed by atoms with Crippen molar-refractivity contribution in [3.05, 3.63) is 71.4 Å². The highest BCUT2D eigenvalue weighted by atomic mass is 32.1. The van der Waals surface area contributed by atoms with Gasteiger partial charge in [-0.25, -0.2) is 4.39 Å². The number of nitrogens with zero attached hydrogens (tertiary/aromatic N) is 2. The lowest BCUT2D eigenvalue weighted by molar-refractivity contribution is 0.102. The van der Waals surface area contributed by atoms with E-state index in [1.54, 1.807) is 49.6 Å². The van der Waals surface area contributed by atoms with Gasteiger partial charge in [0.2, 0.25) is 5.82 Å². The fraction of sp³-hybridized carbons (Fsp3) is 0.0500. The van der Waals surface area contributed by atoms with Crippen molar-refractivity contribution in [2.75, 3.05) is 12.4 Å². The maximum absolute atomic E-state index is 13.1. The first-order valence-electron chi connectivity index (χ1n) is 8.27. The molecule has 0 spiro atoms. The van der Waals surface area contributed by atoms with Crippen LogP contribution in [0.4, 0.5) is 10.1 Å². The molecule has 2 aromatic heterocycles. The smallest absolute Gasteiger partial charge is 0.270 e. The number of aromatic nitrogens is 2. The summed E-state index contributed by atoms with van der Waals surface area (Å²) in [5.41, 5.74) is 1.70. The Hall–Kier alpha value is -3.52. The van der Waals surface area contributed by atoms with Gasteiger partial charge in [0.1, 0.15) is 16.4 Å². The van der Waals surface area contributed by atoms with E-state index in [1.807, 2.05) is 5.38 Å². The van der Waals surface area contributed by atoms with Gasteiger partial charge in [0.25, 0.3) is 11.8 Å². The molecule has 6 nitrogen and oxygen atoms in total. The van der Waals surface area contributed by atoms with Gasteiger partial charge < -0.3 is 14.6 Å². The highest BCUT2D eigenvalue weighted by Gasteiger charge is 2.18. The topological polar surface area (TPSA) is 77.2 Å². The van der Waals surface area contributed by atoms with E-state index in [-0.39, 0.29) is 17.6 Å². The van der Waals surface area contributed by atoms with Crippen molar-refractivity contribution in [2.45, 2.75) is 0 Å². The van der Waals surface area contributed by atoms with Gasteiger partial charge in [-0.1, -0.05) is 5.16 Å². The average Bonchev–Trinajstić information content (AvgIpc) is 3.38. The molecular weight excluding hydrogens is 381 g/mol. The normalized spacial score (nSPS) is 10.6. The second kappa shape index (κ2) is 7.61. The molecule has 0 atom stereocenters. The van der Waals surface area contributed by atoms with E-state index in [0.717, 1.165) is 0 Å². The first kappa shape index (κ1) is 17.9. The Bertz CT molecular complexity index is 1100. The molecule has 28 heavy (non-hydrogen) atoms. The predicted molar refractivity (Wildman–Crippen MR) is 104 cm³/mol. The fourth-order valence-electron chi connectivity index (χ4n) is 2.54. The quantitative estimate of drug-likeness (QED) is 0.522. The summed E-state index contributed by atoms with van der Waals surface area (Å²) in [4.78, 5) is 17.5. The van der Waals surface area contributed by atoms with Crippen LogP contribution in [0, 0.1) is 5.82 Å². The maximum atomic E-state index is 13.1. The minimum absolute atomic E-state index is 0.263. The molecule has 0 saturated carbocycles. The minimum atomic E-state index is -0.339. The van der Waals surface area contributed by atoms with Gasteiger partial charge in [0.05, 0.1) is 12.8 Å². The van der Waals surface area contributed by atoms with Crippen molar-refractivity contribution in [2.24, 2.45) is 0 Å². The van der Waals surface area contributed by atoms with Gasteiger partial charge in [0.15, 0.2) is 0 Å². The lowest BCUT2D eigenvalue weighted by atomic mass is 10.2. The Kier molecular flexibility index (Phi) is 4.86. The van der Waals surface area contributed by atoms with Crippen LogP contribution in [0.2, 0.25) is 0 Å². The van der Waals surface area contributed by atoms with E-state index in [4.69, 9.17) is 9.26 Å². The van der Waals surface area contributed by atoms with Crippen LogP contribution in [0.25, 0.3) is 22.2 Å². The third kappa shape index (κ3) is 3.63. The largest absolute Gasteiger partial charge is 0.497 e. The number of halogens is 1. The van der Waals surface area contributed by atoms with Gasteiger partial charge in [-0.15, -0.1) is 11.3 Å². The number of ether oxygens (including phenoxy) is 1. The molecule has 4 rings (SSSR count). The third-order valence-corrected chi connectivity index (χ3v) is 4.89. The van der Waals surface area contributed by atoms with Gasteiger partial charge in [-0.05, 0) is 60.0 Å². The number of benzene rings is 2. The molecule has 1 amide bonds. The van der Waals surface area contributed by atoms with E-state index in [2.05, 4.69) is 15.5 Å². The molecule has 0 aliphatic heterocycles. The van der Waals surface area contributed by atoms with E-state index in [9.17, 15) is 9.18 Å². The van der Waals surface area contributed by atoms with Crippen LogP contribution in [0.1, 0.15) is 10.4 Å². The standard InChI is InChI=1S/C20H14FN3O3S/c1-26-15-8-4-13(5-9-15)19(25)22-16-10-11-28-17(16)20-23-18(24-27-20)12-2-6-14(21)7-3-12/h2-11H,1H3,(H,22,25). The van der Waals surface area contributed by atoms with Crippen molar-refractivity contribution in [3.63, 3.8) is 0 Å². The number of rotatable bonds is 5. The zero-order valence-electron chi connectivity index (χ0n) is 14.7. The average molecular weight is 395 g/mol. The second-order valence-electron chi connectivity index (χ2n) is 5.78. The highest BCUT2D eigenvalue weighted by molar-refractivity contribution is 7.14. The molecule has 0 unspecified atom stereocenters. The molecule has 0 saturated heterocycles. The Morgan fingerprint density at radius 1 is 1.11 bits per heavy atom. The van der Waals surface area contributed by atoms with E-state index in [0.29, 0.717) is 33.3 Å². The SMILES string of the molecule is COc1ccc(C(=O)Nc2ccsc2-c2nc(-c3ccc(F)cc3)no2)cc1. The molecule has 0 radical (unpaired) electrons. The summed E-state index contributed by atoms with van der Waals surface area (Å²) in [7, 11) is 1.57. The first-order chi connectivity index (χ1) is 13.6. The van der Waals surface area contributed by atoms with Crippen LogP contribution in [0.3, 0.4) is 0 Å². The number of anilines is 1. The second-order valence-corrected chi connectivity index (χ2v) is 6.69. The molecule has 140 valence electrons. The van der Waals surface area contributed by atoms with Gasteiger partial charge in [0, 0.05) is 11.1 Å². The summed E-state index contributed by atoms with van der Waals surface area (Å²) in [5, 5.41) is 8.61. The summed E-state index contributed by atoms with van der Waals surface area (Å²) in [6.45, 7) is 0. The Balaban J connectivity index is 1.55. The molecule has 4 aromatic rings. The molecule has 0 aliphatic rings. The predicted octanol–water partition coefficient (Wildman–Crippen LogP) is 4.87. The van der Waals surface area contributed by atoms with Crippen molar-refractivity contribution < 1.29 is 18.4 Å². The Morgan fingerprint density at radius 3 is 2.57 bits per heavy atom. The van der Waals surface area contributed by atoms with Crippen LogP contribution in [-0.2, 0) is 0 Å². The zero-order chi connectivity index (χ0) is 19.5. The van der Waals surface area contributed by atoms with Crippen molar-refractivity contribution >= 4 is 22.9 Å². The van der Waals surface area contributed by atoms with E-state index >= 15 is 0 Å². The molecule has 0 fully saturated rings. The summed E-state index contributed by atoms with van der Waals surface area (Å²) in [5.74, 6) is 0.692. The number of carbonyl (C=O) groups excluding carboxylic acids is 1. The number of hydrogen-bond acceptors (Lipinski definition) is 6. The molecule has 0 bridgehead atoms. The maximum Gasteiger partial charge on any atom is 0.270 e. The number of carbonyl (C=O) groups is 1. The van der Waals surface area contributed by atoms with E-state index < -0.39 is 0 Å². The molecule has 8 heteroatoms. The monoisotopic (exact) mass is 395 g/mol. The molecule has 0 aliphatic carbocycles. The van der Waals surface area contributed by atoms with E-state index in [1.165, 1.54) is 23.5 Å². The van der Waals surface area contributed by atoms with Crippen LogP contribution in [0.15, 0.2) is 64.5 Å². The van der Waals surface area contributed by atoms with Gasteiger partial charge in [-0.3, -0.25) is 4.79 Å². The Labute approximate surface area is 163 Å². The lowest BCUT2D eigenvalue weighted by Gasteiger charge is -2.05. The third-order valence-electron chi connectivity index (χ3n) is 3.99. The molecular formula is C20H14FN3O3S. The van der Waals surface area contributed by atoms with Crippen LogP contribution < -0.4 is 10.1 Å². The number of amides is 1. The zero-order valence-corrected chi connectivity index (χ0v) is 15.5. The van der Waals surface area contributed by atoms with Crippen molar-refractivity contribution in [3.8, 4) is 27.9 Å². The first-order valence-corrected chi connectivity index (χ1v) is 9.15. The molecule has 2 aromatic carbocycles. The van der Waals surface area contributed by atoms with Gasteiger partial charge >= 0.3 is 0 Å². The summed E-state index contributed by atoms with van der Waals surface area (Å²) in [6.07, 6.45) is 0. The van der Waals surface area contributed by atoms with Crippen LogP contribution in [0.5, 0.6) is 5.75 Å². The number of hydrogen-bond donors (Lipinski definition) is 1. The number of methoxy groups -OCH3 is 1.